The van der Waals surface area contributed by atoms with Crippen molar-refractivity contribution < 1.29 is 0 Å². The monoisotopic (exact) mass is 354 g/mol. The van der Waals surface area contributed by atoms with E-state index in [0.29, 0.717) is 5.92 Å². The van der Waals surface area contributed by atoms with Crippen molar-refractivity contribution in [2.45, 2.75) is 20.3 Å². The van der Waals surface area contributed by atoms with E-state index < -0.39 is 0 Å². The molecule has 1 aromatic heterocycles. The molecular formula is C19H19BrN2. The molecule has 0 bridgehead atoms. The predicted molar refractivity (Wildman–Crippen MR) is 95.2 cm³/mol. The second kappa shape index (κ2) is 6.49. The zero-order valence-electron chi connectivity index (χ0n) is 12.8. The highest BCUT2D eigenvalue weighted by Gasteiger charge is 2.12. The largest absolute Gasteiger partial charge is 0.300 e. The van der Waals surface area contributed by atoms with Crippen LogP contribution in [0.5, 0.6) is 0 Å². The highest BCUT2D eigenvalue weighted by atomic mass is 79.9. The van der Waals surface area contributed by atoms with Gasteiger partial charge in [0.15, 0.2) is 0 Å². The van der Waals surface area contributed by atoms with Crippen molar-refractivity contribution >= 4 is 15.9 Å². The first-order chi connectivity index (χ1) is 10.6. The molecule has 2 aromatic carbocycles. The normalized spacial score (nSPS) is 11.1. The molecule has 112 valence electrons. The van der Waals surface area contributed by atoms with Crippen LogP contribution in [0.15, 0.2) is 65.4 Å². The Balaban J connectivity index is 2.11. The number of hydrogen-bond donors (Lipinski definition) is 0. The fraction of sp³-hybridized carbons (Fsp3) is 0.211. The summed E-state index contributed by atoms with van der Waals surface area (Å²) in [5.74, 6) is 1.59. The second-order valence-electron chi connectivity index (χ2n) is 5.86. The molecule has 0 atom stereocenters. The Morgan fingerprint density at radius 3 is 2.59 bits per heavy atom. The Morgan fingerprint density at radius 1 is 1.09 bits per heavy atom. The third-order valence-electron chi connectivity index (χ3n) is 3.60. The summed E-state index contributed by atoms with van der Waals surface area (Å²) in [6, 6.07) is 16.8. The molecule has 0 amide bonds. The van der Waals surface area contributed by atoms with Crippen LogP contribution in [0.3, 0.4) is 0 Å². The van der Waals surface area contributed by atoms with Crippen molar-refractivity contribution in [3.8, 4) is 17.1 Å². The van der Waals surface area contributed by atoms with Crippen LogP contribution in [-0.4, -0.2) is 9.55 Å². The predicted octanol–water partition coefficient (Wildman–Crippen LogP) is 5.50. The molecule has 3 aromatic rings. The van der Waals surface area contributed by atoms with Gasteiger partial charge in [-0.3, -0.25) is 4.57 Å². The molecule has 1 heterocycles. The Morgan fingerprint density at radius 2 is 1.86 bits per heavy atom. The summed E-state index contributed by atoms with van der Waals surface area (Å²) in [4.78, 5) is 4.56. The third-order valence-corrected chi connectivity index (χ3v) is 4.10. The highest BCUT2D eigenvalue weighted by molar-refractivity contribution is 9.10. The van der Waals surface area contributed by atoms with Gasteiger partial charge in [0.1, 0.15) is 5.82 Å². The molecule has 0 fully saturated rings. The van der Waals surface area contributed by atoms with E-state index in [1.807, 2.05) is 30.6 Å². The van der Waals surface area contributed by atoms with Crippen LogP contribution < -0.4 is 0 Å². The Kier molecular flexibility index (Phi) is 4.44. The van der Waals surface area contributed by atoms with Gasteiger partial charge in [0.2, 0.25) is 0 Å². The fourth-order valence-electron chi connectivity index (χ4n) is 2.69. The van der Waals surface area contributed by atoms with E-state index in [0.717, 1.165) is 22.3 Å². The Labute approximate surface area is 140 Å². The van der Waals surface area contributed by atoms with E-state index in [9.17, 15) is 0 Å². The van der Waals surface area contributed by atoms with E-state index in [1.165, 1.54) is 11.3 Å². The molecule has 3 heteroatoms. The maximum Gasteiger partial charge on any atom is 0.144 e. The van der Waals surface area contributed by atoms with Crippen LogP contribution in [0.25, 0.3) is 17.1 Å². The molecule has 0 radical (unpaired) electrons. The topological polar surface area (TPSA) is 17.8 Å². The van der Waals surface area contributed by atoms with Crippen molar-refractivity contribution in [3.05, 3.63) is 71.0 Å². The minimum absolute atomic E-state index is 0.608. The summed E-state index contributed by atoms with van der Waals surface area (Å²) < 4.78 is 3.30. The van der Waals surface area contributed by atoms with Crippen LogP contribution in [-0.2, 0) is 6.42 Å². The number of hydrogen-bond acceptors (Lipinski definition) is 1. The molecule has 0 aliphatic heterocycles. The molecule has 0 saturated carbocycles. The zero-order valence-corrected chi connectivity index (χ0v) is 14.4. The summed E-state index contributed by atoms with van der Waals surface area (Å²) in [6.07, 6.45) is 4.94. The average Bonchev–Trinajstić information content (AvgIpc) is 2.97. The number of imidazole rings is 1. The van der Waals surface area contributed by atoms with Gasteiger partial charge in [-0.15, -0.1) is 0 Å². The molecule has 2 nitrogen and oxygen atoms in total. The minimum atomic E-state index is 0.608. The molecule has 0 unspecified atom stereocenters. The summed E-state index contributed by atoms with van der Waals surface area (Å²) in [7, 11) is 0. The van der Waals surface area contributed by atoms with Crippen molar-refractivity contribution in [1.29, 1.82) is 0 Å². The van der Waals surface area contributed by atoms with Crippen LogP contribution in [0.1, 0.15) is 19.4 Å². The maximum absolute atomic E-state index is 4.56. The van der Waals surface area contributed by atoms with Crippen molar-refractivity contribution in [1.82, 2.24) is 9.55 Å². The number of aromatic nitrogens is 2. The molecular weight excluding hydrogens is 336 g/mol. The van der Waals surface area contributed by atoms with Gasteiger partial charge in [0.05, 0.1) is 5.69 Å². The summed E-state index contributed by atoms with van der Waals surface area (Å²) in [5.41, 5.74) is 3.67. The smallest absolute Gasteiger partial charge is 0.144 e. The van der Waals surface area contributed by atoms with Gasteiger partial charge in [-0.05, 0) is 36.1 Å². The van der Waals surface area contributed by atoms with E-state index in [2.05, 4.69) is 69.7 Å². The number of rotatable bonds is 4. The minimum Gasteiger partial charge on any atom is -0.300 e. The van der Waals surface area contributed by atoms with Gasteiger partial charge in [-0.1, -0.05) is 60.1 Å². The molecule has 3 rings (SSSR count). The summed E-state index contributed by atoms with van der Waals surface area (Å²) in [6.45, 7) is 4.49. The van der Waals surface area contributed by atoms with Gasteiger partial charge in [0.25, 0.3) is 0 Å². The van der Waals surface area contributed by atoms with E-state index in [-0.39, 0.29) is 0 Å². The molecule has 0 spiro atoms. The quantitative estimate of drug-likeness (QED) is 0.604. The SMILES string of the molecule is CC(C)Cc1cc(Br)ccc1-n1ccnc1-c1ccccc1. The van der Waals surface area contributed by atoms with Crippen molar-refractivity contribution in [3.63, 3.8) is 0 Å². The van der Waals surface area contributed by atoms with Crippen LogP contribution in [0.4, 0.5) is 0 Å². The van der Waals surface area contributed by atoms with Crippen molar-refractivity contribution in [2.75, 3.05) is 0 Å². The molecule has 22 heavy (non-hydrogen) atoms. The summed E-state index contributed by atoms with van der Waals surface area (Å²) in [5, 5.41) is 0. The second-order valence-corrected chi connectivity index (χ2v) is 6.77. The summed E-state index contributed by atoms with van der Waals surface area (Å²) >= 11 is 3.59. The van der Waals surface area contributed by atoms with Crippen LogP contribution in [0, 0.1) is 5.92 Å². The number of halogens is 1. The van der Waals surface area contributed by atoms with Crippen LogP contribution >= 0.6 is 15.9 Å². The fourth-order valence-corrected chi connectivity index (χ4v) is 3.10. The van der Waals surface area contributed by atoms with Crippen LogP contribution in [0.2, 0.25) is 0 Å². The van der Waals surface area contributed by atoms with Gasteiger partial charge in [-0.25, -0.2) is 4.98 Å². The Hall–Kier alpha value is -1.87. The van der Waals surface area contributed by atoms with E-state index in [4.69, 9.17) is 0 Å². The first-order valence-corrected chi connectivity index (χ1v) is 8.32. The molecule has 0 aliphatic carbocycles. The lowest BCUT2D eigenvalue weighted by Gasteiger charge is -2.15. The third kappa shape index (κ3) is 3.14. The molecule has 0 aliphatic rings. The van der Waals surface area contributed by atoms with E-state index >= 15 is 0 Å². The lowest BCUT2D eigenvalue weighted by molar-refractivity contribution is 0.644. The highest BCUT2D eigenvalue weighted by Crippen LogP contribution is 2.27. The zero-order chi connectivity index (χ0) is 15.5. The molecule has 0 N–H and O–H groups in total. The average molecular weight is 355 g/mol. The van der Waals surface area contributed by atoms with Gasteiger partial charge >= 0.3 is 0 Å². The number of benzene rings is 2. The number of nitrogens with zero attached hydrogens (tertiary/aromatic N) is 2. The molecule has 0 saturated heterocycles. The lowest BCUT2D eigenvalue weighted by atomic mass is 10.0. The first-order valence-electron chi connectivity index (χ1n) is 7.52. The van der Waals surface area contributed by atoms with Gasteiger partial charge in [0, 0.05) is 22.4 Å². The lowest BCUT2D eigenvalue weighted by Crippen LogP contribution is -2.04. The standard InChI is InChI=1S/C19H19BrN2/c1-14(2)12-16-13-17(20)8-9-18(16)22-11-10-21-19(22)15-6-4-3-5-7-15/h3-11,13-14H,12H2,1-2H3. The van der Waals surface area contributed by atoms with E-state index in [1.54, 1.807) is 0 Å². The maximum atomic E-state index is 4.56. The van der Waals surface area contributed by atoms with Crippen molar-refractivity contribution in [2.24, 2.45) is 5.92 Å². The van der Waals surface area contributed by atoms with Gasteiger partial charge < -0.3 is 0 Å². The van der Waals surface area contributed by atoms with Gasteiger partial charge in [-0.2, -0.15) is 0 Å². The Bertz CT molecular complexity index is 760. The first kappa shape index (κ1) is 15.0.